The predicted molar refractivity (Wildman–Crippen MR) is 82.3 cm³/mol. The number of hydrogen-bond acceptors (Lipinski definition) is 5. The predicted octanol–water partition coefficient (Wildman–Crippen LogP) is -0.102. The molecule has 9 nitrogen and oxygen atoms in total. The van der Waals surface area contributed by atoms with Gasteiger partial charge in [0, 0.05) is 12.2 Å². The van der Waals surface area contributed by atoms with Gasteiger partial charge < -0.3 is 15.3 Å². The highest BCUT2D eigenvalue weighted by molar-refractivity contribution is 6.01. The van der Waals surface area contributed by atoms with E-state index in [1.165, 1.54) is 0 Å². The summed E-state index contributed by atoms with van der Waals surface area (Å²) in [6.45, 7) is 0.329. The van der Waals surface area contributed by atoms with Crippen LogP contribution in [-0.2, 0) is 16.1 Å². The minimum atomic E-state index is -1.22. The molecule has 0 radical (unpaired) electrons. The molecule has 1 aromatic carbocycles. The van der Waals surface area contributed by atoms with Gasteiger partial charge in [0.1, 0.15) is 12.6 Å². The molecule has 2 aromatic rings. The maximum atomic E-state index is 12.4. The summed E-state index contributed by atoms with van der Waals surface area (Å²) >= 11 is 0. The zero-order chi connectivity index (χ0) is 17.1. The molecule has 1 aliphatic heterocycles. The monoisotopic (exact) mass is 329 g/mol. The Morgan fingerprint density at radius 2 is 2.04 bits per heavy atom. The SMILES string of the molecule is O=C(Cn1cc(C(=O)O)nn1)NC1CCN(c2ccccc2)C1=O. The van der Waals surface area contributed by atoms with Crippen LogP contribution in [0.2, 0.25) is 0 Å². The quantitative estimate of drug-likeness (QED) is 0.791. The lowest BCUT2D eigenvalue weighted by Gasteiger charge is -2.17. The van der Waals surface area contributed by atoms with Gasteiger partial charge in [-0.05, 0) is 18.6 Å². The minimum Gasteiger partial charge on any atom is -0.476 e. The van der Waals surface area contributed by atoms with Crippen LogP contribution in [-0.4, -0.2) is 50.5 Å². The number of benzene rings is 1. The van der Waals surface area contributed by atoms with Crippen LogP contribution in [0.3, 0.4) is 0 Å². The Hall–Kier alpha value is -3.23. The number of nitrogens with one attached hydrogen (secondary N) is 1. The summed E-state index contributed by atoms with van der Waals surface area (Å²) < 4.78 is 1.12. The fourth-order valence-corrected chi connectivity index (χ4v) is 2.54. The number of amides is 2. The first-order valence-corrected chi connectivity index (χ1v) is 7.34. The summed E-state index contributed by atoms with van der Waals surface area (Å²) in [5, 5.41) is 18.4. The van der Waals surface area contributed by atoms with Crippen LogP contribution in [0, 0.1) is 0 Å². The molecular weight excluding hydrogens is 314 g/mol. The standard InChI is InChI=1S/C15H15N5O4/c21-13(9-19-8-12(15(23)24)17-18-19)16-11-6-7-20(14(11)22)10-4-2-1-3-5-10/h1-5,8,11H,6-7,9H2,(H,16,21)(H,23,24). The van der Waals surface area contributed by atoms with E-state index >= 15 is 0 Å². The van der Waals surface area contributed by atoms with Gasteiger partial charge in [-0.15, -0.1) is 5.10 Å². The molecule has 9 heteroatoms. The van der Waals surface area contributed by atoms with E-state index in [-0.39, 0.29) is 18.1 Å². The van der Waals surface area contributed by atoms with Crippen LogP contribution >= 0.6 is 0 Å². The maximum Gasteiger partial charge on any atom is 0.358 e. The van der Waals surface area contributed by atoms with E-state index in [0.717, 1.165) is 16.6 Å². The van der Waals surface area contributed by atoms with Crippen molar-refractivity contribution in [1.82, 2.24) is 20.3 Å². The van der Waals surface area contributed by atoms with Gasteiger partial charge in [-0.3, -0.25) is 9.59 Å². The van der Waals surface area contributed by atoms with E-state index in [4.69, 9.17) is 5.11 Å². The number of rotatable bonds is 5. The molecule has 1 saturated heterocycles. The molecule has 0 aliphatic carbocycles. The van der Waals surface area contributed by atoms with Crippen molar-refractivity contribution in [3.8, 4) is 0 Å². The van der Waals surface area contributed by atoms with Crippen molar-refractivity contribution in [2.75, 3.05) is 11.4 Å². The maximum absolute atomic E-state index is 12.4. The van der Waals surface area contributed by atoms with E-state index in [2.05, 4.69) is 15.6 Å². The zero-order valence-corrected chi connectivity index (χ0v) is 12.6. The Labute approximate surface area is 136 Å². The van der Waals surface area contributed by atoms with Crippen molar-refractivity contribution >= 4 is 23.5 Å². The number of carboxylic acid groups (broad SMARTS) is 1. The van der Waals surface area contributed by atoms with Gasteiger partial charge in [0.2, 0.25) is 11.8 Å². The Morgan fingerprint density at radius 3 is 2.71 bits per heavy atom. The molecule has 2 N–H and O–H groups in total. The molecule has 1 unspecified atom stereocenters. The average Bonchev–Trinajstić information content (AvgIpc) is 3.16. The third-order valence-corrected chi connectivity index (χ3v) is 3.67. The van der Waals surface area contributed by atoms with Crippen molar-refractivity contribution in [3.05, 3.63) is 42.2 Å². The average molecular weight is 329 g/mol. The lowest BCUT2D eigenvalue weighted by Crippen LogP contribution is -2.42. The lowest BCUT2D eigenvalue weighted by atomic mass is 10.2. The van der Waals surface area contributed by atoms with E-state index in [1.807, 2.05) is 30.3 Å². The van der Waals surface area contributed by atoms with Gasteiger partial charge in [0.15, 0.2) is 5.69 Å². The fourth-order valence-electron chi connectivity index (χ4n) is 2.54. The Morgan fingerprint density at radius 1 is 1.29 bits per heavy atom. The molecule has 1 fully saturated rings. The van der Waals surface area contributed by atoms with Gasteiger partial charge in [-0.25, -0.2) is 9.48 Å². The number of aromatic carboxylic acids is 1. The Bertz CT molecular complexity index is 773. The highest BCUT2D eigenvalue weighted by Gasteiger charge is 2.33. The highest BCUT2D eigenvalue weighted by Crippen LogP contribution is 2.20. The summed E-state index contributed by atoms with van der Waals surface area (Å²) in [6.07, 6.45) is 1.67. The van der Waals surface area contributed by atoms with Crippen molar-refractivity contribution in [1.29, 1.82) is 0 Å². The summed E-state index contributed by atoms with van der Waals surface area (Å²) in [5.74, 6) is -1.81. The summed E-state index contributed by atoms with van der Waals surface area (Å²) in [5.41, 5.74) is 0.552. The molecule has 1 atom stereocenters. The molecule has 124 valence electrons. The third kappa shape index (κ3) is 3.24. The fraction of sp³-hybridized carbons (Fsp3) is 0.267. The van der Waals surface area contributed by atoms with Crippen LogP contribution in [0.15, 0.2) is 36.5 Å². The van der Waals surface area contributed by atoms with Crippen molar-refractivity contribution in [3.63, 3.8) is 0 Å². The number of carbonyl (C=O) groups is 3. The number of hydrogen-bond donors (Lipinski definition) is 2. The summed E-state index contributed by atoms with van der Waals surface area (Å²) in [6, 6.07) is 8.64. The molecule has 2 heterocycles. The van der Waals surface area contributed by atoms with E-state index in [9.17, 15) is 14.4 Å². The van der Waals surface area contributed by atoms with Crippen LogP contribution in [0.25, 0.3) is 0 Å². The molecule has 0 spiro atoms. The lowest BCUT2D eigenvalue weighted by molar-refractivity contribution is -0.127. The van der Waals surface area contributed by atoms with E-state index < -0.39 is 17.9 Å². The van der Waals surface area contributed by atoms with Gasteiger partial charge in [-0.2, -0.15) is 0 Å². The first-order chi connectivity index (χ1) is 11.5. The van der Waals surface area contributed by atoms with Crippen LogP contribution < -0.4 is 10.2 Å². The van der Waals surface area contributed by atoms with Gasteiger partial charge in [0.25, 0.3) is 0 Å². The van der Waals surface area contributed by atoms with Gasteiger partial charge >= 0.3 is 5.97 Å². The van der Waals surface area contributed by atoms with E-state index in [1.54, 1.807) is 4.90 Å². The molecule has 1 aromatic heterocycles. The van der Waals surface area contributed by atoms with Gasteiger partial charge in [0.05, 0.1) is 6.20 Å². The van der Waals surface area contributed by atoms with Crippen LogP contribution in [0.5, 0.6) is 0 Å². The van der Waals surface area contributed by atoms with Gasteiger partial charge in [-0.1, -0.05) is 23.4 Å². The molecule has 2 amide bonds. The highest BCUT2D eigenvalue weighted by atomic mass is 16.4. The normalized spacial score (nSPS) is 17.1. The Kier molecular flexibility index (Phi) is 4.23. The molecular formula is C15H15N5O4. The molecule has 24 heavy (non-hydrogen) atoms. The number of anilines is 1. The van der Waals surface area contributed by atoms with Crippen LogP contribution in [0.4, 0.5) is 5.69 Å². The summed E-state index contributed by atoms with van der Waals surface area (Å²) in [7, 11) is 0. The minimum absolute atomic E-state index is 0.167. The first-order valence-electron chi connectivity index (χ1n) is 7.34. The molecule has 0 bridgehead atoms. The zero-order valence-electron chi connectivity index (χ0n) is 12.6. The summed E-state index contributed by atoms with van der Waals surface area (Å²) in [4.78, 5) is 36.8. The topological polar surface area (TPSA) is 117 Å². The number of para-hydroxylation sites is 1. The van der Waals surface area contributed by atoms with Crippen molar-refractivity contribution in [2.45, 2.75) is 19.0 Å². The number of carboxylic acids is 1. The number of aromatic nitrogens is 3. The van der Waals surface area contributed by atoms with Crippen LogP contribution in [0.1, 0.15) is 16.9 Å². The second-order valence-electron chi connectivity index (χ2n) is 5.34. The third-order valence-electron chi connectivity index (χ3n) is 3.67. The number of carbonyl (C=O) groups excluding carboxylic acids is 2. The second kappa shape index (κ2) is 6.49. The smallest absolute Gasteiger partial charge is 0.358 e. The second-order valence-corrected chi connectivity index (χ2v) is 5.34. The van der Waals surface area contributed by atoms with Crippen molar-refractivity contribution < 1.29 is 19.5 Å². The molecule has 1 aliphatic rings. The molecule has 0 saturated carbocycles. The Balaban J connectivity index is 1.59. The van der Waals surface area contributed by atoms with E-state index in [0.29, 0.717) is 13.0 Å². The largest absolute Gasteiger partial charge is 0.476 e. The van der Waals surface area contributed by atoms with Crippen molar-refractivity contribution in [2.24, 2.45) is 0 Å². The number of nitrogens with zero attached hydrogens (tertiary/aromatic N) is 4. The molecule has 3 rings (SSSR count). The first kappa shape index (κ1) is 15.7.